The number of aromatic nitrogens is 2. The molecule has 3 rings (SSSR count). The lowest BCUT2D eigenvalue weighted by molar-refractivity contribution is 0.00478. The van der Waals surface area contributed by atoms with Crippen LogP contribution in [0.4, 0.5) is 8.78 Å². The Hall–Kier alpha value is -1.66. The zero-order valence-electron chi connectivity index (χ0n) is 11.8. The molecule has 0 spiro atoms. The van der Waals surface area contributed by atoms with E-state index in [1.54, 1.807) is 4.68 Å². The van der Waals surface area contributed by atoms with Crippen molar-refractivity contribution in [3.8, 4) is 5.88 Å². The Morgan fingerprint density at radius 1 is 1.57 bits per heavy atom. The van der Waals surface area contributed by atoms with Crippen molar-refractivity contribution in [2.45, 2.75) is 44.6 Å². The van der Waals surface area contributed by atoms with Gasteiger partial charge in [-0.2, -0.15) is 5.10 Å². The van der Waals surface area contributed by atoms with Crippen molar-refractivity contribution in [1.29, 1.82) is 0 Å². The predicted molar refractivity (Wildman–Crippen MR) is 71.6 cm³/mol. The fourth-order valence-electron chi connectivity index (χ4n) is 3.00. The largest absolute Gasteiger partial charge is 0.477 e. The minimum Gasteiger partial charge on any atom is -0.477 e. The third-order valence-electron chi connectivity index (χ3n) is 4.13. The average molecular weight is 299 g/mol. The van der Waals surface area contributed by atoms with Crippen molar-refractivity contribution in [3.63, 3.8) is 0 Å². The van der Waals surface area contributed by atoms with Gasteiger partial charge in [-0.1, -0.05) is 0 Å². The van der Waals surface area contributed by atoms with E-state index < -0.39 is 5.92 Å². The average Bonchev–Trinajstić information content (AvgIpc) is 3.02. The highest BCUT2D eigenvalue weighted by molar-refractivity contribution is 5.96. The molecular weight excluding hydrogens is 280 g/mol. The summed E-state index contributed by atoms with van der Waals surface area (Å²) in [5.41, 5.74) is 0.423. The van der Waals surface area contributed by atoms with Crippen LogP contribution in [0.2, 0.25) is 0 Å². The van der Waals surface area contributed by atoms with E-state index in [4.69, 9.17) is 4.74 Å². The molecule has 1 fully saturated rings. The number of nitrogens with zero attached hydrogens (tertiary/aromatic N) is 2. The summed E-state index contributed by atoms with van der Waals surface area (Å²) in [6, 6.07) is 0. The number of aryl methyl sites for hydroxylation is 1. The molecule has 1 aromatic heterocycles. The van der Waals surface area contributed by atoms with E-state index in [1.807, 2.05) is 0 Å². The van der Waals surface area contributed by atoms with Crippen LogP contribution in [-0.4, -0.2) is 34.8 Å². The Morgan fingerprint density at radius 3 is 3.19 bits per heavy atom. The van der Waals surface area contributed by atoms with Crippen LogP contribution >= 0.6 is 0 Å². The zero-order valence-corrected chi connectivity index (χ0v) is 11.8. The van der Waals surface area contributed by atoms with Gasteiger partial charge in [0.05, 0.1) is 12.8 Å². The highest BCUT2D eigenvalue weighted by atomic mass is 19.3. The summed E-state index contributed by atoms with van der Waals surface area (Å²) in [5.74, 6) is -2.26. The number of rotatable bonds is 4. The van der Waals surface area contributed by atoms with Crippen molar-refractivity contribution in [1.82, 2.24) is 15.1 Å². The van der Waals surface area contributed by atoms with Crippen molar-refractivity contribution in [3.05, 3.63) is 11.8 Å². The fourth-order valence-corrected chi connectivity index (χ4v) is 3.00. The summed E-state index contributed by atoms with van der Waals surface area (Å²) in [7, 11) is 0. The summed E-state index contributed by atoms with van der Waals surface area (Å²) in [5, 5.41) is 6.89. The normalized spacial score (nSPS) is 23.4. The lowest BCUT2D eigenvalue weighted by Gasteiger charge is -2.16. The lowest BCUT2D eigenvalue weighted by Crippen LogP contribution is -2.27. The standard InChI is InChI=1S/C14H19F2N3O2/c15-14(16)4-2-10(8-14)3-5-17-12(20)11-9-18-19-6-1-7-21-13(11)19/h9-10H,1-8H2,(H,17,20). The molecule has 1 unspecified atom stereocenters. The molecule has 1 N–H and O–H groups in total. The molecule has 7 heteroatoms. The molecule has 0 radical (unpaired) electrons. The monoisotopic (exact) mass is 299 g/mol. The molecule has 2 aliphatic rings. The van der Waals surface area contributed by atoms with Crippen molar-refractivity contribution < 1.29 is 18.3 Å². The predicted octanol–water partition coefficient (Wildman–Crippen LogP) is 2.22. The Bertz CT molecular complexity index is 530. The van der Waals surface area contributed by atoms with Crippen LogP contribution in [0.25, 0.3) is 0 Å². The second-order valence-electron chi connectivity index (χ2n) is 5.80. The van der Waals surface area contributed by atoms with E-state index in [2.05, 4.69) is 10.4 Å². The van der Waals surface area contributed by atoms with Gasteiger partial charge in [-0.25, -0.2) is 13.5 Å². The Balaban J connectivity index is 1.50. The third-order valence-corrected chi connectivity index (χ3v) is 4.13. The van der Waals surface area contributed by atoms with E-state index >= 15 is 0 Å². The Labute approximate surface area is 121 Å². The summed E-state index contributed by atoms with van der Waals surface area (Å²) in [6.45, 7) is 1.74. The number of fused-ring (bicyclic) bond motifs is 1. The number of nitrogens with one attached hydrogen (secondary N) is 1. The quantitative estimate of drug-likeness (QED) is 0.927. The minimum absolute atomic E-state index is 0.00220. The third kappa shape index (κ3) is 3.16. The molecule has 2 heterocycles. The maximum absolute atomic E-state index is 13.1. The minimum atomic E-state index is -2.52. The Morgan fingerprint density at radius 2 is 2.43 bits per heavy atom. The molecule has 0 bridgehead atoms. The van der Waals surface area contributed by atoms with Gasteiger partial charge in [0.1, 0.15) is 5.56 Å². The first-order chi connectivity index (χ1) is 10.1. The molecule has 1 amide bonds. The first-order valence-corrected chi connectivity index (χ1v) is 7.40. The highest BCUT2D eigenvalue weighted by Gasteiger charge is 2.38. The van der Waals surface area contributed by atoms with Crippen molar-refractivity contribution in [2.24, 2.45) is 5.92 Å². The number of alkyl halides is 2. The topological polar surface area (TPSA) is 56.2 Å². The van der Waals surface area contributed by atoms with Gasteiger partial charge < -0.3 is 10.1 Å². The smallest absolute Gasteiger partial charge is 0.258 e. The van der Waals surface area contributed by atoms with Gasteiger partial charge in [0.15, 0.2) is 0 Å². The number of hydrogen-bond donors (Lipinski definition) is 1. The van der Waals surface area contributed by atoms with Crippen LogP contribution in [0.3, 0.4) is 0 Å². The summed E-state index contributed by atoms with van der Waals surface area (Å²) >= 11 is 0. The van der Waals surface area contributed by atoms with Gasteiger partial charge in [-0.3, -0.25) is 4.79 Å². The first-order valence-electron chi connectivity index (χ1n) is 7.40. The number of hydrogen-bond acceptors (Lipinski definition) is 3. The van der Waals surface area contributed by atoms with E-state index in [0.717, 1.165) is 13.0 Å². The molecule has 5 nitrogen and oxygen atoms in total. The number of carbonyl (C=O) groups excluding carboxylic acids is 1. The molecule has 1 aromatic rings. The molecular formula is C14H19F2N3O2. The van der Waals surface area contributed by atoms with Crippen LogP contribution in [0.15, 0.2) is 6.20 Å². The summed E-state index contributed by atoms with van der Waals surface area (Å²) in [6.07, 6.45) is 3.41. The van der Waals surface area contributed by atoms with Crippen LogP contribution in [0, 0.1) is 5.92 Å². The van der Waals surface area contributed by atoms with Crippen LogP contribution in [0.1, 0.15) is 42.5 Å². The first kappa shape index (κ1) is 14.3. The number of ether oxygens (including phenoxy) is 1. The Kier molecular flexibility index (Phi) is 3.82. The van der Waals surface area contributed by atoms with E-state index in [9.17, 15) is 13.6 Å². The van der Waals surface area contributed by atoms with Crippen LogP contribution in [-0.2, 0) is 6.54 Å². The molecule has 1 aliphatic heterocycles. The second-order valence-corrected chi connectivity index (χ2v) is 5.80. The number of amides is 1. The van der Waals surface area contributed by atoms with E-state index in [-0.39, 0.29) is 24.7 Å². The number of halogens is 2. The van der Waals surface area contributed by atoms with E-state index in [1.165, 1.54) is 6.20 Å². The van der Waals surface area contributed by atoms with Gasteiger partial charge in [0.25, 0.3) is 5.91 Å². The van der Waals surface area contributed by atoms with Crippen molar-refractivity contribution in [2.75, 3.05) is 13.2 Å². The van der Waals surface area contributed by atoms with E-state index in [0.29, 0.717) is 37.4 Å². The molecule has 116 valence electrons. The van der Waals surface area contributed by atoms with Crippen LogP contribution in [0.5, 0.6) is 5.88 Å². The SMILES string of the molecule is O=C(NCCC1CCC(F)(F)C1)c1cnn2c1OCCC2. The van der Waals surface area contributed by atoms with Gasteiger partial charge in [-0.15, -0.1) is 0 Å². The molecule has 1 saturated carbocycles. The number of carbonyl (C=O) groups is 1. The summed E-state index contributed by atoms with van der Waals surface area (Å²) < 4.78 is 33.3. The molecule has 0 aromatic carbocycles. The highest BCUT2D eigenvalue weighted by Crippen LogP contribution is 2.40. The molecule has 21 heavy (non-hydrogen) atoms. The van der Waals surface area contributed by atoms with Gasteiger partial charge >= 0.3 is 0 Å². The van der Waals surface area contributed by atoms with Gasteiger partial charge in [0.2, 0.25) is 11.8 Å². The van der Waals surface area contributed by atoms with Gasteiger partial charge in [0, 0.05) is 32.4 Å². The fraction of sp³-hybridized carbons (Fsp3) is 0.714. The molecule has 1 atom stereocenters. The summed E-state index contributed by atoms with van der Waals surface area (Å²) in [4.78, 5) is 12.1. The van der Waals surface area contributed by atoms with Crippen molar-refractivity contribution >= 4 is 5.91 Å². The maximum Gasteiger partial charge on any atom is 0.258 e. The molecule has 1 aliphatic carbocycles. The zero-order chi connectivity index (χ0) is 14.9. The van der Waals surface area contributed by atoms with Crippen LogP contribution < -0.4 is 10.1 Å². The molecule has 0 saturated heterocycles. The van der Waals surface area contributed by atoms with Gasteiger partial charge in [-0.05, 0) is 18.8 Å². The maximum atomic E-state index is 13.1. The second kappa shape index (κ2) is 5.61. The lowest BCUT2D eigenvalue weighted by atomic mass is 10.0.